The molecule has 0 aromatic rings. The summed E-state index contributed by atoms with van der Waals surface area (Å²) in [6.07, 6.45) is 4.16. The van der Waals surface area contributed by atoms with Crippen molar-refractivity contribution in [1.82, 2.24) is 11.5 Å². The fourth-order valence-corrected chi connectivity index (χ4v) is 1.69. The van der Waals surface area contributed by atoms with Crippen LogP contribution in [0.25, 0.3) is 0 Å². The van der Waals surface area contributed by atoms with Crippen LogP contribution < -0.4 is 28.7 Å². The third kappa shape index (κ3) is 8.77. The molecule has 0 saturated carbocycles. The normalized spacial score (nSPS) is 14.4. The molecule has 0 saturated heterocycles. The van der Waals surface area contributed by atoms with Crippen molar-refractivity contribution in [3.05, 3.63) is 0 Å². The molecule has 0 heterocycles. The highest BCUT2D eigenvalue weighted by Crippen LogP contribution is 2.15. The van der Waals surface area contributed by atoms with Crippen LogP contribution >= 0.6 is 0 Å². The van der Waals surface area contributed by atoms with Crippen LogP contribution in [0.1, 0.15) is 32.6 Å². The fraction of sp³-hybridized carbons (Fsp3) is 1.00. The van der Waals surface area contributed by atoms with Gasteiger partial charge in [0.1, 0.15) is 0 Å². The summed E-state index contributed by atoms with van der Waals surface area (Å²) in [7, 11) is 0. The Bertz CT molecular complexity index is 131. The van der Waals surface area contributed by atoms with Gasteiger partial charge in [0.2, 0.25) is 0 Å². The quantitative estimate of drug-likeness (QED) is 0.347. The van der Waals surface area contributed by atoms with E-state index in [2.05, 4.69) is 12.2 Å². The van der Waals surface area contributed by atoms with Gasteiger partial charge < -0.3 is 28.7 Å². The molecule has 0 spiro atoms. The predicted octanol–water partition coefficient (Wildman–Crippen LogP) is -0.0668. The molecule has 10 N–H and O–H groups in total. The van der Waals surface area contributed by atoms with Crippen molar-refractivity contribution in [1.29, 1.82) is 0 Å². The average molecular weight is 219 g/mol. The number of hydrogen-bond acceptors (Lipinski definition) is 5. The minimum absolute atomic E-state index is 0. The Hall–Kier alpha value is -0.200. The highest BCUT2D eigenvalue weighted by Gasteiger charge is 2.22. The summed E-state index contributed by atoms with van der Waals surface area (Å²) in [4.78, 5) is 0. The van der Waals surface area contributed by atoms with E-state index in [1.165, 1.54) is 0 Å². The lowest BCUT2D eigenvalue weighted by Crippen LogP contribution is -2.49. The standard InChI is InChI=1S/C10H26N4.H3N/c1-2-4-10(13,5-3-6-11)9-14-8-7-12;/h14H,2-9,11-13H2,1H3;1H3. The molecular formula is C10H29N5. The van der Waals surface area contributed by atoms with E-state index in [1.54, 1.807) is 0 Å². The van der Waals surface area contributed by atoms with Gasteiger partial charge in [0, 0.05) is 25.2 Å². The lowest BCUT2D eigenvalue weighted by molar-refractivity contribution is 0.336. The Morgan fingerprint density at radius 1 is 1.13 bits per heavy atom. The maximum Gasteiger partial charge on any atom is 0.0281 e. The summed E-state index contributed by atoms with van der Waals surface area (Å²) in [6, 6.07) is 0. The van der Waals surface area contributed by atoms with E-state index in [9.17, 15) is 0 Å². The largest absolute Gasteiger partial charge is 0.344 e. The Morgan fingerprint density at radius 3 is 2.27 bits per heavy atom. The number of hydrogen-bond donors (Lipinski definition) is 5. The third-order valence-corrected chi connectivity index (χ3v) is 2.42. The van der Waals surface area contributed by atoms with Gasteiger partial charge in [-0.3, -0.25) is 0 Å². The summed E-state index contributed by atoms with van der Waals surface area (Å²) < 4.78 is 0. The maximum atomic E-state index is 6.28. The van der Waals surface area contributed by atoms with Gasteiger partial charge in [-0.15, -0.1) is 0 Å². The van der Waals surface area contributed by atoms with Crippen LogP contribution in [0.2, 0.25) is 0 Å². The molecule has 0 rings (SSSR count). The zero-order valence-corrected chi connectivity index (χ0v) is 10.1. The zero-order chi connectivity index (χ0) is 10.9. The maximum absolute atomic E-state index is 6.28. The van der Waals surface area contributed by atoms with Gasteiger partial charge in [-0.25, -0.2) is 0 Å². The summed E-state index contributed by atoms with van der Waals surface area (Å²) >= 11 is 0. The summed E-state index contributed by atoms with van der Waals surface area (Å²) in [5.41, 5.74) is 17.1. The van der Waals surface area contributed by atoms with Crippen LogP contribution in [0, 0.1) is 0 Å². The third-order valence-electron chi connectivity index (χ3n) is 2.42. The SMILES string of the molecule is CCCC(N)(CCCN)CNCCN.N. The summed E-state index contributed by atoms with van der Waals surface area (Å²) in [5.74, 6) is 0. The Balaban J connectivity index is 0. The van der Waals surface area contributed by atoms with Crippen LogP contribution in [0.5, 0.6) is 0 Å². The average Bonchev–Trinajstić information content (AvgIpc) is 2.16. The van der Waals surface area contributed by atoms with Crippen molar-refractivity contribution in [3.8, 4) is 0 Å². The van der Waals surface area contributed by atoms with Crippen molar-refractivity contribution in [2.75, 3.05) is 26.2 Å². The topological polar surface area (TPSA) is 125 Å². The van der Waals surface area contributed by atoms with Crippen molar-refractivity contribution in [2.45, 2.75) is 38.1 Å². The zero-order valence-electron chi connectivity index (χ0n) is 10.1. The van der Waals surface area contributed by atoms with Gasteiger partial charge in [0.15, 0.2) is 0 Å². The predicted molar refractivity (Wildman–Crippen MR) is 67.1 cm³/mol. The smallest absolute Gasteiger partial charge is 0.0281 e. The second kappa shape index (κ2) is 10.3. The molecule has 0 radical (unpaired) electrons. The van der Waals surface area contributed by atoms with Crippen LogP contribution in [0.3, 0.4) is 0 Å². The molecule has 5 heteroatoms. The van der Waals surface area contributed by atoms with Crippen LogP contribution in [-0.2, 0) is 0 Å². The first-order valence-corrected chi connectivity index (χ1v) is 5.58. The van der Waals surface area contributed by atoms with Gasteiger partial charge in [-0.1, -0.05) is 13.3 Å². The van der Waals surface area contributed by atoms with Crippen molar-refractivity contribution >= 4 is 0 Å². The molecule has 0 fully saturated rings. The molecule has 0 bridgehead atoms. The molecule has 0 amide bonds. The summed E-state index contributed by atoms with van der Waals surface area (Å²) in [6.45, 7) is 5.23. The van der Waals surface area contributed by atoms with E-state index in [-0.39, 0.29) is 11.7 Å². The van der Waals surface area contributed by atoms with Gasteiger partial charge in [-0.05, 0) is 25.8 Å². The minimum atomic E-state index is -0.0940. The Labute approximate surface area is 93.7 Å². The highest BCUT2D eigenvalue weighted by atomic mass is 14.9. The van der Waals surface area contributed by atoms with E-state index in [0.717, 1.165) is 45.3 Å². The molecular weight excluding hydrogens is 190 g/mol. The molecule has 0 aliphatic carbocycles. The lowest BCUT2D eigenvalue weighted by Gasteiger charge is -2.29. The minimum Gasteiger partial charge on any atom is -0.344 e. The first-order valence-electron chi connectivity index (χ1n) is 5.58. The monoisotopic (exact) mass is 219 g/mol. The van der Waals surface area contributed by atoms with E-state index in [0.29, 0.717) is 6.54 Å². The summed E-state index contributed by atoms with van der Waals surface area (Å²) in [5, 5.41) is 3.28. The van der Waals surface area contributed by atoms with Gasteiger partial charge in [-0.2, -0.15) is 0 Å². The Kier molecular flexibility index (Phi) is 11.8. The first-order chi connectivity index (χ1) is 6.68. The van der Waals surface area contributed by atoms with Gasteiger partial charge in [0.05, 0.1) is 0 Å². The van der Waals surface area contributed by atoms with Gasteiger partial charge >= 0.3 is 0 Å². The van der Waals surface area contributed by atoms with Crippen molar-refractivity contribution < 1.29 is 0 Å². The second-order valence-corrected chi connectivity index (χ2v) is 3.97. The molecule has 1 unspecified atom stereocenters. The number of rotatable bonds is 9. The van der Waals surface area contributed by atoms with E-state index in [1.807, 2.05) is 0 Å². The molecule has 1 atom stereocenters. The molecule has 0 aromatic carbocycles. The van der Waals surface area contributed by atoms with E-state index >= 15 is 0 Å². The van der Waals surface area contributed by atoms with Crippen LogP contribution in [0.15, 0.2) is 0 Å². The number of nitrogens with one attached hydrogen (secondary N) is 1. The molecule has 0 aliphatic rings. The van der Waals surface area contributed by atoms with E-state index < -0.39 is 0 Å². The van der Waals surface area contributed by atoms with E-state index in [4.69, 9.17) is 17.2 Å². The van der Waals surface area contributed by atoms with Crippen molar-refractivity contribution in [2.24, 2.45) is 17.2 Å². The number of nitrogens with two attached hydrogens (primary N) is 3. The van der Waals surface area contributed by atoms with Crippen LogP contribution in [-0.4, -0.2) is 31.7 Å². The van der Waals surface area contributed by atoms with Crippen LogP contribution in [0.4, 0.5) is 0 Å². The molecule has 15 heavy (non-hydrogen) atoms. The molecule has 94 valence electrons. The molecule has 0 aromatic heterocycles. The van der Waals surface area contributed by atoms with Crippen molar-refractivity contribution in [3.63, 3.8) is 0 Å². The highest BCUT2D eigenvalue weighted by molar-refractivity contribution is 4.86. The fourth-order valence-electron chi connectivity index (χ4n) is 1.69. The first kappa shape index (κ1) is 17.2. The molecule has 5 nitrogen and oxygen atoms in total. The Morgan fingerprint density at radius 2 is 1.80 bits per heavy atom. The lowest BCUT2D eigenvalue weighted by atomic mass is 9.89. The van der Waals surface area contributed by atoms with Gasteiger partial charge in [0.25, 0.3) is 0 Å². The molecule has 0 aliphatic heterocycles. The second-order valence-electron chi connectivity index (χ2n) is 3.97.